The first kappa shape index (κ1) is 24.7. The van der Waals surface area contributed by atoms with E-state index in [2.05, 4.69) is 0 Å². The molecular weight excluding hydrogens is 519 g/mol. The number of nitrogens with zero attached hydrogens (tertiary/aromatic N) is 4. The number of rotatable bonds is 7. The lowest BCUT2D eigenvalue weighted by molar-refractivity contribution is -0.127. The number of aromatic nitrogens is 3. The van der Waals surface area contributed by atoms with Gasteiger partial charge in [-0.25, -0.2) is 9.37 Å². The van der Waals surface area contributed by atoms with Crippen molar-refractivity contribution in [3.05, 3.63) is 68.7 Å². The molecule has 1 fully saturated rings. The van der Waals surface area contributed by atoms with Crippen LogP contribution in [0.4, 0.5) is 4.39 Å². The molecule has 7 nitrogen and oxygen atoms in total. The Bertz CT molecular complexity index is 1540. The number of hydrogen-bond acceptors (Lipinski definition) is 7. The highest BCUT2D eigenvalue weighted by Crippen LogP contribution is 2.31. The third-order valence-electron chi connectivity index (χ3n) is 5.85. The lowest BCUT2D eigenvalue weighted by Crippen LogP contribution is -2.29. The van der Waals surface area contributed by atoms with E-state index in [9.17, 15) is 14.0 Å². The number of fused-ring (bicyclic) bond motifs is 1. The summed E-state index contributed by atoms with van der Waals surface area (Å²) >= 11 is 8.01. The van der Waals surface area contributed by atoms with E-state index >= 15 is 0 Å². The Balaban J connectivity index is 1.68. The van der Waals surface area contributed by atoms with Crippen molar-refractivity contribution >= 4 is 51.6 Å². The summed E-state index contributed by atoms with van der Waals surface area (Å²) in [5.74, 6) is 0.355. The van der Waals surface area contributed by atoms with Crippen LogP contribution in [0.5, 0.6) is 5.75 Å². The van der Waals surface area contributed by atoms with Crippen molar-refractivity contribution in [3.63, 3.8) is 0 Å². The maximum Gasteiger partial charge on any atom is 0.278 e. The van der Waals surface area contributed by atoms with Crippen molar-refractivity contribution in [2.45, 2.75) is 24.9 Å². The van der Waals surface area contributed by atoms with Crippen LogP contribution in [0.25, 0.3) is 21.7 Å². The van der Waals surface area contributed by atoms with Gasteiger partial charge in [0.05, 0.1) is 23.7 Å². The van der Waals surface area contributed by atoms with Crippen LogP contribution in [-0.2, 0) is 4.79 Å². The number of halogens is 1. The van der Waals surface area contributed by atoms with E-state index < -0.39 is 5.82 Å². The van der Waals surface area contributed by atoms with Crippen LogP contribution in [0.15, 0.2) is 58.5 Å². The largest absolute Gasteiger partial charge is 0.492 e. The van der Waals surface area contributed by atoms with Gasteiger partial charge in [0.1, 0.15) is 16.3 Å². The van der Waals surface area contributed by atoms with Crippen LogP contribution in [-0.4, -0.2) is 50.4 Å². The van der Waals surface area contributed by atoms with E-state index in [0.29, 0.717) is 43.2 Å². The van der Waals surface area contributed by atoms with Crippen molar-refractivity contribution in [2.75, 3.05) is 25.4 Å². The van der Waals surface area contributed by atoms with Gasteiger partial charge in [0.15, 0.2) is 14.8 Å². The van der Waals surface area contributed by atoms with E-state index in [-0.39, 0.29) is 17.2 Å². The number of thioether (sulfide) groups is 1. The summed E-state index contributed by atoms with van der Waals surface area (Å²) < 4.78 is 23.4. The van der Waals surface area contributed by atoms with Gasteiger partial charge in [-0.2, -0.15) is 0 Å². The second kappa shape index (κ2) is 10.5. The first-order valence-electron chi connectivity index (χ1n) is 11.5. The Morgan fingerprint density at radius 2 is 1.86 bits per heavy atom. The van der Waals surface area contributed by atoms with Crippen LogP contribution in [0.2, 0.25) is 0 Å². The molecule has 4 aromatic rings. The second-order valence-electron chi connectivity index (χ2n) is 8.14. The molecule has 2 aromatic carbocycles. The fourth-order valence-corrected chi connectivity index (χ4v) is 6.36. The average Bonchev–Trinajstić information content (AvgIpc) is 3.52. The Morgan fingerprint density at radius 1 is 1.14 bits per heavy atom. The van der Waals surface area contributed by atoms with Gasteiger partial charge in [0, 0.05) is 13.1 Å². The molecule has 0 saturated carbocycles. The molecule has 0 aliphatic carbocycles. The molecule has 3 heterocycles. The molecule has 0 bridgehead atoms. The number of benzene rings is 2. The summed E-state index contributed by atoms with van der Waals surface area (Å²) in [7, 11) is 0. The van der Waals surface area contributed by atoms with Gasteiger partial charge in [0.25, 0.3) is 5.56 Å². The monoisotopic (exact) mass is 542 g/mol. The Hall–Kier alpha value is -3.02. The molecular formula is C25H23FN4O3S3. The number of thiazole rings is 1. The Morgan fingerprint density at radius 3 is 2.58 bits per heavy atom. The van der Waals surface area contributed by atoms with Crippen molar-refractivity contribution < 1.29 is 13.9 Å². The van der Waals surface area contributed by atoms with Crippen molar-refractivity contribution in [1.82, 2.24) is 19.0 Å². The maximum absolute atomic E-state index is 13.8. The van der Waals surface area contributed by atoms with Crippen molar-refractivity contribution in [2.24, 2.45) is 0 Å². The molecule has 11 heteroatoms. The van der Waals surface area contributed by atoms with E-state index in [1.807, 2.05) is 36.1 Å². The zero-order valence-corrected chi connectivity index (χ0v) is 21.9. The van der Waals surface area contributed by atoms with Gasteiger partial charge >= 0.3 is 0 Å². The zero-order valence-electron chi connectivity index (χ0n) is 19.5. The highest BCUT2D eigenvalue weighted by Gasteiger charge is 2.23. The first-order chi connectivity index (χ1) is 17.5. The summed E-state index contributed by atoms with van der Waals surface area (Å²) in [6, 6.07) is 13.1. The molecule has 186 valence electrons. The number of amides is 1. The molecule has 0 unspecified atom stereocenters. The summed E-state index contributed by atoms with van der Waals surface area (Å²) in [5, 5.41) is 0.335. The number of para-hydroxylation sites is 2. The van der Waals surface area contributed by atoms with Gasteiger partial charge < -0.3 is 9.64 Å². The highest BCUT2D eigenvalue weighted by molar-refractivity contribution is 7.99. The van der Waals surface area contributed by atoms with Gasteiger partial charge in [-0.3, -0.25) is 18.7 Å². The van der Waals surface area contributed by atoms with Crippen LogP contribution in [0, 0.1) is 9.77 Å². The predicted octanol–water partition coefficient (Wildman–Crippen LogP) is 5.22. The molecule has 1 aliphatic heterocycles. The SMILES string of the molecule is CCOc1ccccc1-n1c(=S)sc2c(=O)n(-c3ccc(F)cc3)c(SCC(=O)N3CCCC3)nc21. The number of carbonyl (C=O) groups is 1. The van der Waals surface area contributed by atoms with E-state index in [1.54, 1.807) is 4.57 Å². The minimum atomic E-state index is -0.409. The maximum atomic E-state index is 13.8. The topological polar surface area (TPSA) is 69.4 Å². The van der Waals surface area contributed by atoms with Crippen molar-refractivity contribution in [3.8, 4) is 17.1 Å². The fraction of sp³-hybridized carbons (Fsp3) is 0.280. The molecule has 0 N–H and O–H groups in total. The average molecular weight is 543 g/mol. The van der Waals surface area contributed by atoms with Gasteiger partial charge in [-0.15, -0.1) is 0 Å². The quantitative estimate of drug-likeness (QED) is 0.181. The van der Waals surface area contributed by atoms with Crippen molar-refractivity contribution in [1.29, 1.82) is 0 Å². The minimum absolute atomic E-state index is 0.00125. The number of ether oxygens (including phenoxy) is 1. The first-order valence-corrected chi connectivity index (χ1v) is 13.8. The minimum Gasteiger partial charge on any atom is -0.492 e. The summed E-state index contributed by atoms with van der Waals surface area (Å²) in [5.41, 5.74) is 1.22. The van der Waals surface area contributed by atoms with Gasteiger partial charge in [0.2, 0.25) is 5.91 Å². The third-order valence-corrected chi connectivity index (χ3v) is 8.13. The highest BCUT2D eigenvalue weighted by atomic mass is 32.2. The lowest BCUT2D eigenvalue weighted by atomic mass is 10.3. The molecule has 2 aromatic heterocycles. The zero-order chi connectivity index (χ0) is 25.2. The Labute approximate surface area is 220 Å². The molecule has 0 atom stereocenters. The molecule has 1 aliphatic rings. The number of hydrogen-bond donors (Lipinski definition) is 0. The third kappa shape index (κ3) is 4.70. The predicted molar refractivity (Wildman–Crippen MR) is 143 cm³/mol. The lowest BCUT2D eigenvalue weighted by Gasteiger charge is -2.16. The van der Waals surface area contributed by atoms with Crippen LogP contribution >= 0.6 is 35.3 Å². The summed E-state index contributed by atoms with van der Waals surface area (Å²) in [6.07, 6.45) is 1.99. The number of likely N-dealkylation sites (tertiary alicyclic amines) is 1. The molecule has 36 heavy (non-hydrogen) atoms. The standard InChI is InChI=1S/C25H23FN4O3S3/c1-2-33-19-8-4-3-7-18(19)30-22-21(36-25(30)34)23(32)29(17-11-9-16(26)10-12-17)24(27-22)35-15-20(31)28-13-5-6-14-28/h3-4,7-12H,2,5-6,13-15H2,1H3. The van der Waals surface area contributed by atoms with E-state index in [0.717, 1.165) is 37.3 Å². The fourth-order valence-electron chi connectivity index (χ4n) is 4.17. The van der Waals surface area contributed by atoms with E-state index in [1.165, 1.54) is 40.6 Å². The van der Waals surface area contributed by atoms with Gasteiger partial charge in [-0.1, -0.05) is 35.2 Å². The number of carbonyl (C=O) groups excluding carboxylic acids is 1. The Kier molecular flexibility index (Phi) is 7.22. The molecule has 1 saturated heterocycles. The normalized spacial score (nSPS) is 13.4. The van der Waals surface area contributed by atoms with Crippen LogP contribution in [0.3, 0.4) is 0 Å². The van der Waals surface area contributed by atoms with Crippen LogP contribution < -0.4 is 10.3 Å². The summed E-state index contributed by atoms with van der Waals surface area (Å²) in [6.45, 7) is 3.85. The second-order valence-corrected chi connectivity index (χ2v) is 10.7. The summed E-state index contributed by atoms with van der Waals surface area (Å²) in [4.78, 5) is 33.2. The smallest absolute Gasteiger partial charge is 0.278 e. The van der Waals surface area contributed by atoms with Gasteiger partial charge in [-0.05, 0) is 68.4 Å². The molecule has 0 spiro atoms. The molecule has 5 rings (SSSR count). The molecule has 0 radical (unpaired) electrons. The van der Waals surface area contributed by atoms with E-state index in [4.69, 9.17) is 21.9 Å². The molecule has 1 amide bonds. The van der Waals surface area contributed by atoms with Crippen LogP contribution in [0.1, 0.15) is 19.8 Å².